The molecule has 1 unspecified atom stereocenters. The molecule has 1 saturated heterocycles. The average molecular weight is 467 g/mol. The molecule has 4 aromatic rings. The second kappa shape index (κ2) is 9.48. The standard InChI is InChI=1S/C24H23ClN4O2S/c1-30-19-10-8-16(9-11-19)23-27-28-24(29(23)14-20-6-4-12-31-20)32-15-18-13-17-5-2-3-7-21(17)26-22(18)25/h2-3,5,7-11,13,20H,4,6,12,14-15H2,1H3. The normalized spacial score (nSPS) is 16.0. The Balaban J connectivity index is 1.43. The number of nitrogens with zero attached hydrogens (tertiary/aromatic N) is 4. The molecule has 0 amide bonds. The first-order valence-corrected chi connectivity index (χ1v) is 11.9. The molecule has 8 heteroatoms. The smallest absolute Gasteiger partial charge is 0.191 e. The van der Waals surface area contributed by atoms with Crippen molar-refractivity contribution in [2.24, 2.45) is 0 Å². The lowest BCUT2D eigenvalue weighted by molar-refractivity contribution is 0.0953. The van der Waals surface area contributed by atoms with E-state index in [1.54, 1.807) is 18.9 Å². The summed E-state index contributed by atoms with van der Waals surface area (Å²) in [5.74, 6) is 2.29. The van der Waals surface area contributed by atoms with Crippen LogP contribution in [-0.2, 0) is 17.0 Å². The zero-order chi connectivity index (χ0) is 21.9. The summed E-state index contributed by atoms with van der Waals surface area (Å²) in [5.41, 5.74) is 2.87. The zero-order valence-corrected chi connectivity index (χ0v) is 19.3. The first kappa shape index (κ1) is 21.2. The van der Waals surface area contributed by atoms with E-state index in [0.717, 1.165) is 64.8 Å². The number of benzene rings is 2. The van der Waals surface area contributed by atoms with Gasteiger partial charge in [0.1, 0.15) is 10.9 Å². The molecular formula is C24H23ClN4O2S. The maximum Gasteiger partial charge on any atom is 0.191 e. The van der Waals surface area contributed by atoms with Gasteiger partial charge in [0.2, 0.25) is 0 Å². The highest BCUT2D eigenvalue weighted by Crippen LogP contribution is 2.31. The predicted octanol–water partition coefficient (Wildman–Crippen LogP) is 5.63. The Morgan fingerprint density at radius 1 is 1.16 bits per heavy atom. The maximum atomic E-state index is 6.48. The van der Waals surface area contributed by atoms with Gasteiger partial charge < -0.3 is 9.47 Å². The lowest BCUT2D eigenvalue weighted by atomic mass is 10.2. The highest BCUT2D eigenvalue weighted by Gasteiger charge is 2.22. The second-order valence-electron chi connectivity index (χ2n) is 7.70. The average Bonchev–Trinajstić information content (AvgIpc) is 3.48. The minimum absolute atomic E-state index is 0.174. The van der Waals surface area contributed by atoms with E-state index in [9.17, 15) is 0 Å². The van der Waals surface area contributed by atoms with Crippen molar-refractivity contribution in [2.45, 2.75) is 36.4 Å². The summed E-state index contributed by atoms with van der Waals surface area (Å²) in [5, 5.41) is 11.5. The fraction of sp³-hybridized carbons (Fsp3) is 0.292. The number of para-hydroxylation sites is 1. The van der Waals surface area contributed by atoms with Gasteiger partial charge >= 0.3 is 0 Å². The third-order valence-corrected chi connectivity index (χ3v) is 6.92. The molecule has 2 aromatic heterocycles. The van der Waals surface area contributed by atoms with Crippen LogP contribution in [0.1, 0.15) is 18.4 Å². The number of methoxy groups -OCH3 is 1. The fourth-order valence-electron chi connectivity index (χ4n) is 3.89. The summed E-state index contributed by atoms with van der Waals surface area (Å²) >= 11 is 8.09. The number of hydrogen-bond donors (Lipinski definition) is 0. The van der Waals surface area contributed by atoms with Crippen LogP contribution in [-0.4, -0.2) is 39.6 Å². The largest absolute Gasteiger partial charge is 0.497 e. The highest BCUT2D eigenvalue weighted by molar-refractivity contribution is 7.98. The van der Waals surface area contributed by atoms with Gasteiger partial charge in [0.25, 0.3) is 0 Å². The van der Waals surface area contributed by atoms with E-state index in [2.05, 4.69) is 31.9 Å². The SMILES string of the molecule is COc1ccc(-c2nnc(SCc3cc4ccccc4nc3Cl)n2CC2CCCO2)cc1. The van der Waals surface area contributed by atoms with Crippen LogP contribution in [0.4, 0.5) is 0 Å². The summed E-state index contributed by atoms with van der Waals surface area (Å²) in [6.45, 7) is 1.53. The van der Waals surface area contributed by atoms with Gasteiger partial charge in [-0.2, -0.15) is 0 Å². The molecule has 0 saturated carbocycles. The fourth-order valence-corrected chi connectivity index (χ4v) is 5.10. The van der Waals surface area contributed by atoms with Crippen LogP contribution in [0.2, 0.25) is 5.15 Å². The molecule has 6 nitrogen and oxygen atoms in total. The molecule has 0 spiro atoms. The first-order chi connectivity index (χ1) is 15.7. The zero-order valence-electron chi connectivity index (χ0n) is 17.7. The van der Waals surface area contributed by atoms with E-state index < -0.39 is 0 Å². The van der Waals surface area contributed by atoms with E-state index in [-0.39, 0.29) is 6.10 Å². The van der Waals surface area contributed by atoms with E-state index in [1.807, 2.05) is 42.5 Å². The Labute approximate surface area is 195 Å². The number of hydrogen-bond acceptors (Lipinski definition) is 6. The van der Waals surface area contributed by atoms with Crippen LogP contribution in [0.25, 0.3) is 22.3 Å². The minimum Gasteiger partial charge on any atom is -0.497 e. The van der Waals surface area contributed by atoms with E-state index >= 15 is 0 Å². The molecule has 1 atom stereocenters. The Hall–Kier alpha value is -2.61. The number of thioether (sulfide) groups is 1. The molecule has 0 bridgehead atoms. The van der Waals surface area contributed by atoms with Gasteiger partial charge in [-0.1, -0.05) is 41.6 Å². The highest BCUT2D eigenvalue weighted by atomic mass is 35.5. The third kappa shape index (κ3) is 4.46. The molecule has 32 heavy (non-hydrogen) atoms. The van der Waals surface area contributed by atoms with Crippen molar-refractivity contribution in [3.63, 3.8) is 0 Å². The summed E-state index contributed by atoms with van der Waals surface area (Å²) in [6.07, 6.45) is 2.31. The summed E-state index contributed by atoms with van der Waals surface area (Å²) in [4.78, 5) is 4.54. The molecule has 0 N–H and O–H groups in total. The number of aromatic nitrogens is 4. The van der Waals surface area contributed by atoms with Gasteiger partial charge in [-0.3, -0.25) is 4.57 Å². The Bertz CT molecular complexity index is 1220. The Morgan fingerprint density at radius 2 is 2.00 bits per heavy atom. The molecule has 0 radical (unpaired) electrons. The molecule has 1 fully saturated rings. The van der Waals surface area contributed by atoms with Crippen LogP contribution in [0.15, 0.2) is 59.8 Å². The molecule has 1 aliphatic rings. The molecule has 0 aliphatic carbocycles. The lowest BCUT2D eigenvalue weighted by Gasteiger charge is -2.15. The monoisotopic (exact) mass is 466 g/mol. The second-order valence-corrected chi connectivity index (χ2v) is 9.00. The van der Waals surface area contributed by atoms with Crippen molar-refractivity contribution in [3.8, 4) is 17.1 Å². The third-order valence-electron chi connectivity index (χ3n) is 5.58. The van der Waals surface area contributed by atoms with Gasteiger partial charge in [-0.25, -0.2) is 4.98 Å². The van der Waals surface area contributed by atoms with E-state index in [1.165, 1.54) is 0 Å². The molecular weight excluding hydrogens is 444 g/mol. The van der Waals surface area contributed by atoms with Crippen molar-refractivity contribution < 1.29 is 9.47 Å². The maximum absolute atomic E-state index is 6.48. The predicted molar refractivity (Wildman–Crippen MR) is 127 cm³/mol. The number of pyridine rings is 1. The molecule has 5 rings (SSSR count). The van der Waals surface area contributed by atoms with Crippen molar-refractivity contribution in [1.29, 1.82) is 0 Å². The van der Waals surface area contributed by atoms with Gasteiger partial charge in [0, 0.05) is 28.9 Å². The summed E-state index contributed by atoms with van der Waals surface area (Å²) in [6, 6.07) is 18.0. The van der Waals surface area contributed by atoms with Crippen LogP contribution in [0.5, 0.6) is 5.75 Å². The lowest BCUT2D eigenvalue weighted by Crippen LogP contribution is -2.16. The van der Waals surface area contributed by atoms with E-state index in [0.29, 0.717) is 10.9 Å². The van der Waals surface area contributed by atoms with Crippen LogP contribution in [0.3, 0.4) is 0 Å². The summed E-state index contributed by atoms with van der Waals surface area (Å²) < 4.78 is 13.4. The number of rotatable bonds is 7. The number of ether oxygens (including phenoxy) is 2. The Kier molecular flexibility index (Phi) is 6.30. The number of halogens is 1. The van der Waals surface area contributed by atoms with Gasteiger partial charge in [0.15, 0.2) is 11.0 Å². The van der Waals surface area contributed by atoms with Gasteiger partial charge in [-0.15, -0.1) is 10.2 Å². The van der Waals surface area contributed by atoms with Crippen molar-refractivity contribution in [3.05, 3.63) is 65.3 Å². The van der Waals surface area contributed by atoms with Crippen molar-refractivity contribution in [1.82, 2.24) is 19.7 Å². The number of fused-ring (bicyclic) bond motifs is 1. The van der Waals surface area contributed by atoms with Crippen LogP contribution in [0, 0.1) is 0 Å². The topological polar surface area (TPSA) is 62.1 Å². The van der Waals surface area contributed by atoms with Crippen LogP contribution < -0.4 is 4.74 Å². The summed E-state index contributed by atoms with van der Waals surface area (Å²) in [7, 11) is 1.66. The molecule has 164 valence electrons. The van der Waals surface area contributed by atoms with Gasteiger partial charge in [0.05, 0.1) is 25.3 Å². The van der Waals surface area contributed by atoms with Gasteiger partial charge in [-0.05, 0) is 49.2 Å². The minimum atomic E-state index is 0.174. The quantitative estimate of drug-likeness (QED) is 0.260. The molecule has 1 aliphatic heterocycles. The first-order valence-electron chi connectivity index (χ1n) is 10.6. The van der Waals surface area contributed by atoms with Crippen LogP contribution >= 0.6 is 23.4 Å². The molecule has 2 aromatic carbocycles. The van der Waals surface area contributed by atoms with Crippen molar-refractivity contribution in [2.75, 3.05) is 13.7 Å². The Morgan fingerprint density at radius 3 is 2.78 bits per heavy atom. The molecule has 3 heterocycles. The van der Waals surface area contributed by atoms with Crippen molar-refractivity contribution >= 4 is 34.3 Å². The van der Waals surface area contributed by atoms with E-state index in [4.69, 9.17) is 21.1 Å².